The molecule has 9 aliphatic carbocycles. The van der Waals surface area contributed by atoms with Crippen LogP contribution in [0, 0.1) is 82.9 Å². The van der Waals surface area contributed by atoms with Crippen molar-refractivity contribution in [1.82, 2.24) is 0 Å². The van der Waals surface area contributed by atoms with Crippen LogP contribution in [-0.2, 0) is 5.41 Å². The van der Waals surface area contributed by atoms with E-state index in [0.717, 1.165) is 88.8 Å². The third kappa shape index (κ3) is 5.92. The van der Waals surface area contributed by atoms with Gasteiger partial charge in [0.25, 0.3) is 0 Å². The van der Waals surface area contributed by atoms with Gasteiger partial charge in [-0.25, -0.2) is 0 Å². The average Bonchev–Trinajstić information content (AvgIpc) is 3.45. The van der Waals surface area contributed by atoms with Gasteiger partial charge in [0, 0.05) is 5.41 Å². The second kappa shape index (κ2) is 13.8. The first-order chi connectivity index (χ1) is 26.0. The fourth-order valence-electron chi connectivity index (χ4n) is 17.7. The molecule has 2 aromatic rings. The summed E-state index contributed by atoms with van der Waals surface area (Å²) < 4.78 is 0. The summed E-state index contributed by atoms with van der Waals surface area (Å²) in [6.07, 6.45) is 36.4. The van der Waals surface area contributed by atoms with Crippen LogP contribution in [0.2, 0.25) is 0 Å². The minimum absolute atomic E-state index is 0.126. The van der Waals surface area contributed by atoms with Gasteiger partial charge in [-0.15, -0.1) is 0 Å². The molecular formula is C53H74. The Bertz CT molecular complexity index is 1630. The molecule has 0 aliphatic heterocycles. The first kappa shape index (κ1) is 34.7. The molecule has 11 rings (SSSR count). The molecule has 2 aromatic carbocycles. The average molecular weight is 711 g/mol. The van der Waals surface area contributed by atoms with Crippen molar-refractivity contribution in [3.05, 3.63) is 59.2 Å². The highest BCUT2D eigenvalue weighted by Gasteiger charge is 2.53. The number of fused-ring (bicyclic) bond motifs is 10. The van der Waals surface area contributed by atoms with Gasteiger partial charge in [-0.1, -0.05) is 88.4 Å². The Balaban J connectivity index is 0.711. The van der Waals surface area contributed by atoms with Crippen molar-refractivity contribution >= 4 is 0 Å². The van der Waals surface area contributed by atoms with Crippen LogP contribution >= 0.6 is 0 Å². The van der Waals surface area contributed by atoms with Gasteiger partial charge in [0.15, 0.2) is 0 Å². The highest BCUT2D eigenvalue weighted by atomic mass is 14.6. The third-order valence-corrected chi connectivity index (χ3v) is 20.2. The molecule has 0 nitrogen and oxygen atoms in total. The van der Waals surface area contributed by atoms with Crippen LogP contribution in [0.3, 0.4) is 0 Å². The fourth-order valence-corrected chi connectivity index (χ4v) is 17.7. The van der Waals surface area contributed by atoms with E-state index >= 15 is 0 Å². The quantitative estimate of drug-likeness (QED) is 0.297. The lowest BCUT2D eigenvalue weighted by Gasteiger charge is -2.59. The predicted molar refractivity (Wildman–Crippen MR) is 222 cm³/mol. The Labute approximate surface area is 324 Å². The first-order valence-electron chi connectivity index (χ1n) is 24.2. The third-order valence-electron chi connectivity index (χ3n) is 20.2. The maximum absolute atomic E-state index is 2.65. The van der Waals surface area contributed by atoms with Crippen molar-refractivity contribution in [1.29, 1.82) is 0 Å². The summed E-state index contributed by atoms with van der Waals surface area (Å²) in [4.78, 5) is 0. The van der Waals surface area contributed by atoms with E-state index in [9.17, 15) is 0 Å². The Hall–Kier alpha value is -1.56. The van der Waals surface area contributed by atoms with Gasteiger partial charge in [-0.05, 0) is 232 Å². The molecule has 0 saturated heterocycles. The zero-order chi connectivity index (χ0) is 35.3. The van der Waals surface area contributed by atoms with E-state index in [1.807, 2.05) is 0 Å². The molecule has 0 heterocycles. The number of benzene rings is 2. The number of hydrogen-bond acceptors (Lipinski definition) is 0. The number of hydrogen-bond donors (Lipinski definition) is 0. The van der Waals surface area contributed by atoms with Crippen LogP contribution in [0.15, 0.2) is 42.5 Å². The second-order valence-electron chi connectivity index (χ2n) is 22.4. The molecule has 8 saturated carbocycles. The van der Waals surface area contributed by atoms with Crippen molar-refractivity contribution in [2.24, 2.45) is 82.9 Å². The maximum Gasteiger partial charge on any atom is 0.0158 e. The standard InChI is InChI=1S/C53H74/c1-53(2)51-14-8-7-13-47(51)48-26-24-41(31-52(48)53)39-19-17-35-27-34(15-16-37(35)29-39)36-18-20-40-30-42(22-21-38(40)28-36)49-32-50-43-10-4-3-9-33(43)23-25-46(50)44-11-5-6-12-45(44)49/h7-8,13-14,24,26,31,33-40,42-46,49-50H,3-6,9-12,15-23,25,27-30,32H2,1-2H3. The fraction of sp³-hybridized carbons (Fsp3) is 0.774. The largest absolute Gasteiger partial charge is 0.0619 e. The van der Waals surface area contributed by atoms with Crippen molar-refractivity contribution in [3.63, 3.8) is 0 Å². The lowest BCUT2D eigenvalue weighted by molar-refractivity contribution is -0.0933. The minimum Gasteiger partial charge on any atom is -0.0619 e. The van der Waals surface area contributed by atoms with Gasteiger partial charge in [0.1, 0.15) is 0 Å². The highest BCUT2D eigenvalue weighted by Crippen LogP contribution is 2.62. The van der Waals surface area contributed by atoms with Crippen LogP contribution in [0.4, 0.5) is 0 Å². The highest BCUT2D eigenvalue weighted by molar-refractivity contribution is 5.80. The SMILES string of the molecule is CC1(C)c2ccccc2-c2ccc(C3CCC4CC(C5CCC6CC(C7CC8C9CCCCC9CCC8C8CCCCC78)CCC6C5)CCC4C3)cc21. The molecule has 8 fully saturated rings. The van der Waals surface area contributed by atoms with Crippen LogP contribution in [0.25, 0.3) is 11.1 Å². The molecule has 286 valence electrons. The summed E-state index contributed by atoms with van der Waals surface area (Å²) in [6.45, 7) is 4.91. The van der Waals surface area contributed by atoms with E-state index in [1.165, 1.54) is 42.4 Å². The topological polar surface area (TPSA) is 0 Å². The van der Waals surface area contributed by atoms with Crippen LogP contribution in [0.5, 0.6) is 0 Å². The van der Waals surface area contributed by atoms with E-state index in [-0.39, 0.29) is 5.41 Å². The van der Waals surface area contributed by atoms with Gasteiger partial charge in [-0.2, -0.15) is 0 Å². The molecule has 15 unspecified atom stereocenters. The molecule has 0 radical (unpaired) electrons. The molecule has 0 bridgehead atoms. The Morgan fingerprint density at radius 2 is 0.906 bits per heavy atom. The Morgan fingerprint density at radius 3 is 1.64 bits per heavy atom. The summed E-state index contributed by atoms with van der Waals surface area (Å²) in [5.41, 5.74) is 7.85. The minimum atomic E-state index is 0.126. The van der Waals surface area contributed by atoms with Crippen molar-refractivity contribution < 1.29 is 0 Å². The molecule has 0 spiro atoms. The number of rotatable bonds is 3. The lowest BCUT2D eigenvalue weighted by Crippen LogP contribution is -2.51. The van der Waals surface area contributed by atoms with Crippen LogP contribution in [-0.4, -0.2) is 0 Å². The summed E-state index contributed by atoms with van der Waals surface area (Å²) in [7, 11) is 0. The molecule has 0 N–H and O–H groups in total. The van der Waals surface area contributed by atoms with Gasteiger partial charge in [-0.3, -0.25) is 0 Å². The van der Waals surface area contributed by atoms with Gasteiger partial charge < -0.3 is 0 Å². The van der Waals surface area contributed by atoms with Gasteiger partial charge >= 0.3 is 0 Å². The summed E-state index contributed by atoms with van der Waals surface area (Å²) >= 11 is 0. The summed E-state index contributed by atoms with van der Waals surface area (Å²) in [5, 5.41) is 0. The Kier molecular flexibility index (Phi) is 9.04. The smallest absolute Gasteiger partial charge is 0.0158 e. The van der Waals surface area contributed by atoms with Gasteiger partial charge in [0.05, 0.1) is 0 Å². The van der Waals surface area contributed by atoms with E-state index in [4.69, 9.17) is 0 Å². The molecule has 15 atom stereocenters. The second-order valence-corrected chi connectivity index (χ2v) is 22.4. The Morgan fingerprint density at radius 1 is 0.377 bits per heavy atom. The normalized spacial score (nSPS) is 45.7. The van der Waals surface area contributed by atoms with Crippen LogP contribution in [0.1, 0.15) is 184 Å². The van der Waals surface area contributed by atoms with Crippen molar-refractivity contribution in [2.45, 2.75) is 173 Å². The zero-order valence-corrected chi connectivity index (χ0v) is 34.0. The van der Waals surface area contributed by atoms with E-state index in [1.54, 1.807) is 133 Å². The van der Waals surface area contributed by atoms with Crippen molar-refractivity contribution in [2.75, 3.05) is 0 Å². The maximum atomic E-state index is 2.65. The molecular weight excluding hydrogens is 637 g/mol. The molecule has 53 heavy (non-hydrogen) atoms. The van der Waals surface area contributed by atoms with E-state index < -0.39 is 0 Å². The molecule has 0 aromatic heterocycles. The van der Waals surface area contributed by atoms with Crippen molar-refractivity contribution in [3.8, 4) is 11.1 Å². The summed E-state index contributed by atoms with van der Waals surface area (Å²) in [5.74, 6) is 16.1. The monoisotopic (exact) mass is 711 g/mol. The first-order valence-corrected chi connectivity index (χ1v) is 24.2. The predicted octanol–water partition coefficient (Wildman–Crippen LogP) is 14.8. The lowest BCUT2D eigenvalue weighted by atomic mass is 9.46. The molecule has 0 heteroatoms. The van der Waals surface area contributed by atoms with Crippen LogP contribution < -0.4 is 0 Å². The summed E-state index contributed by atoms with van der Waals surface area (Å²) in [6, 6.07) is 16.8. The van der Waals surface area contributed by atoms with E-state index in [0.29, 0.717) is 0 Å². The van der Waals surface area contributed by atoms with E-state index in [2.05, 4.69) is 56.3 Å². The molecule has 9 aliphatic rings. The molecule has 0 amide bonds. The zero-order valence-electron chi connectivity index (χ0n) is 34.0. The van der Waals surface area contributed by atoms with Gasteiger partial charge in [0.2, 0.25) is 0 Å².